The SMILES string of the molecule is CN1CCC(CNCC2CCN(CCN)CC2)C1. The Morgan fingerprint density at radius 2 is 1.72 bits per heavy atom. The molecule has 2 aliphatic heterocycles. The Kier molecular flexibility index (Phi) is 5.89. The second kappa shape index (κ2) is 7.43. The number of hydrogen-bond acceptors (Lipinski definition) is 4. The van der Waals surface area contributed by atoms with E-state index in [1.54, 1.807) is 0 Å². The van der Waals surface area contributed by atoms with E-state index in [9.17, 15) is 0 Å². The zero-order valence-electron chi connectivity index (χ0n) is 11.9. The third-order valence-corrected chi connectivity index (χ3v) is 4.51. The van der Waals surface area contributed by atoms with E-state index in [0.717, 1.165) is 24.9 Å². The van der Waals surface area contributed by atoms with Gasteiger partial charge in [-0.25, -0.2) is 0 Å². The summed E-state index contributed by atoms with van der Waals surface area (Å²) in [5.74, 6) is 1.77. The number of likely N-dealkylation sites (tertiary alicyclic amines) is 2. The monoisotopic (exact) mass is 254 g/mol. The Balaban J connectivity index is 1.53. The molecule has 2 aliphatic rings. The van der Waals surface area contributed by atoms with E-state index < -0.39 is 0 Å². The molecule has 0 amide bonds. The van der Waals surface area contributed by atoms with Crippen molar-refractivity contribution in [3.63, 3.8) is 0 Å². The van der Waals surface area contributed by atoms with Crippen molar-refractivity contribution in [1.29, 1.82) is 0 Å². The van der Waals surface area contributed by atoms with Crippen LogP contribution < -0.4 is 11.1 Å². The van der Waals surface area contributed by atoms with Crippen molar-refractivity contribution >= 4 is 0 Å². The first-order valence-electron chi connectivity index (χ1n) is 7.59. The van der Waals surface area contributed by atoms with Crippen LogP contribution in [-0.4, -0.2) is 69.2 Å². The van der Waals surface area contributed by atoms with Crippen LogP contribution in [0.5, 0.6) is 0 Å². The van der Waals surface area contributed by atoms with E-state index in [4.69, 9.17) is 5.73 Å². The molecule has 0 bridgehead atoms. The average molecular weight is 254 g/mol. The first-order chi connectivity index (χ1) is 8.78. The maximum atomic E-state index is 5.60. The standard InChI is InChI=1S/C14H30N4/c1-17-6-2-14(12-17)11-16-10-13-3-7-18(8-4-13)9-5-15/h13-14,16H,2-12,15H2,1H3. The average Bonchev–Trinajstić information content (AvgIpc) is 2.78. The number of rotatable bonds is 6. The fraction of sp³-hybridized carbons (Fsp3) is 1.00. The first kappa shape index (κ1) is 14.3. The van der Waals surface area contributed by atoms with Crippen molar-refractivity contribution in [2.75, 3.05) is 59.4 Å². The molecule has 4 nitrogen and oxygen atoms in total. The van der Waals surface area contributed by atoms with E-state index >= 15 is 0 Å². The van der Waals surface area contributed by atoms with Crippen LogP contribution in [0.25, 0.3) is 0 Å². The van der Waals surface area contributed by atoms with Gasteiger partial charge in [-0.3, -0.25) is 0 Å². The van der Waals surface area contributed by atoms with E-state index in [-0.39, 0.29) is 0 Å². The highest BCUT2D eigenvalue weighted by Crippen LogP contribution is 2.17. The zero-order chi connectivity index (χ0) is 12.8. The predicted molar refractivity (Wildman–Crippen MR) is 76.7 cm³/mol. The third kappa shape index (κ3) is 4.50. The van der Waals surface area contributed by atoms with Gasteiger partial charge in [-0.05, 0) is 70.9 Å². The van der Waals surface area contributed by atoms with Crippen molar-refractivity contribution < 1.29 is 0 Å². The maximum absolute atomic E-state index is 5.60. The van der Waals surface area contributed by atoms with Crippen LogP contribution in [0.2, 0.25) is 0 Å². The second-order valence-corrected chi connectivity index (χ2v) is 6.15. The van der Waals surface area contributed by atoms with Crippen LogP contribution in [0.15, 0.2) is 0 Å². The summed E-state index contributed by atoms with van der Waals surface area (Å²) in [4.78, 5) is 4.94. The lowest BCUT2D eigenvalue weighted by Crippen LogP contribution is -2.40. The van der Waals surface area contributed by atoms with Crippen molar-refractivity contribution in [3.05, 3.63) is 0 Å². The highest BCUT2D eigenvalue weighted by Gasteiger charge is 2.21. The molecule has 0 aromatic rings. The normalized spacial score (nSPS) is 28.0. The lowest BCUT2D eigenvalue weighted by molar-refractivity contribution is 0.185. The smallest absolute Gasteiger partial charge is 0.0105 e. The number of nitrogens with one attached hydrogen (secondary N) is 1. The molecule has 3 N–H and O–H groups in total. The zero-order valence-corrected chi connectivity index (χ0v) is 11.9. The Bertz CT molecular complexity index is 226. The summed E-state index contributed by atoms with van der Waals surface area (Å²) < 4.78 is 0. The van der Waals surface area contributed by atoms with Crippen molar-refractivity contribution in [3.8, 4) is 0 Å². The van der Waals surface area contributed by atoms with Gasteiger partial charge in [0, 0.05) is 19.6 Å². The van der Waals surface area contributed by atoms with Gasteiger partial charge in [0.1, 0.15) is 0 Å². The molecular formula is C14H30N4. The summed E-state index contributed by atoms with van der Waals surface area (Å²) in [6.45, 7) is 9.37. The topological polar surface area (TPSA) is 44.5 Å². The largest absolute Gasteiger partial charge is 0.329 e. The molecule has 2 rings (SSSR count). The third-order valence-electron chi connectivity index (χ3n) is 4.51. The van der Waals surface area contributed by atoms with Gasteiger partial charge in [0.25, 0.3) is 0 Å². The molecule has 1 atom stereocenters. The number of nitrogens with two attached hydrogens (primary N) is 1. The van der Waals surface area contributed by atoms with Crippen LogP contribution in [0.3, 0.4) is 0 Å². The van der Waals surface area contributed by atoms with Gasteiger partial charge in [0.2, 0.25) is 0 Å². The molecule has 2 fully saturated rings. The molecule has 106 valence electrons. The summed E-state index contributed by atoms with van der Waals surface area (Å²) in [6.07, 6.45) is 4.06. The molecule has 0 saturated carbocycles. The molecule has 0 spiro atoms. The van der Waals surface area contributed by atoms with Gasteiger partial charge >= 0.3 is 0 Å². The minimum Gasteiger partial charge on any atom is -0.329 e. The lowest BCUT2D eigenvalue weighted by atomic mass is 9.96. The van der Waals surface area contributed by atoms with Crippen LogP contribution in [0.1, 0.15) is 19.3 Å². The molecule has 0 radical (unpaired) electrons. The molecule has 1 unspecified atom stereocenters. The lowest BCUT2D eigenvalue weighted by Gasteiger charge is -2.31. The van der Waals surface area contributed by atoms with E-state index in [2.05, 4.69) is 22.2 Å². The number of piperidine rings is 1. The van der Waals surface area contributed by atoms with Gasteiger partial charge < -0.3 is 20.9 Å². The van der Waals surface area contributed by atoms with Gasteiger partial charge in [-0.1, -0.05) is 0 Å². The molecule has 0 aromatic heterocycles. The summed E-state index contributed by atoms with van der Waals surface area (Å²) in [7, 11) is 2.23. The Morgan fingerprint density at radius 1 is 1.06 bits per heavy atom. The van der Waals surface area contributed by atoms with Crippen LogP contribution >= 0.6 is 0 Å². The minimum atomic E-state index is 0.804. The van der Waals surface area contributed by atoms with Crippen LogP contribution in [0.4, 0.5) is 0 Å². The minimum absolute atomic E-state index is 0.804. The fourth-order valence-corrected chi connectivity index (χ4v) is 3.28. The van der Waals surface area contributed by atoms with E-state index in [1.165, 1.54) is 58.5 Å². The van der Waals surface area contributed by atoms with Crippen molar-refractivity contribution in [1.82, 2.24) is 15.1 Å². The van der Waals surface area contributed by atoms with E-state index in [0.29, 0.717) is 0 Å². The predicted octanol–water partition coefficient (Wildman–Crippen LogP) is 0.198. The molecular weight excluding hydrogens is 224 g/mol. The molecule has 18 heavy (non-hydrogen) atoms. The van der Waals surface area contributed by atoms with Gasteiger partial charge in [-0.2, -0.15) is 0 Å². The summed E-state index contributed by atoms with van der Waals surface area (Å²) >= 11 is 0. The molecule has 4 heteroatoms. The highest BCUT2D eigenvalue weighted by atomic mass is 15.1. The molecule has 2 saturated heterocycles. The molecule has 2 heterocycles. The second-order valence-electron chi connectivity index (χ2n) is 6.15. The summed E-state index contributed by atoms with van der Waals surface area (Å²) in [6, 6.07) is 0. The van der Waals surface area contributed by atoms with E-state index in [1.807, 2.05) is 0 Å². The van der Waals surface area contributed by atoms with Gasteiger partial charge in [0.15, 0.2) is 0 Å². The summed E-state index contributed by atoms with van der Waals surface area (Å²) in [5.41, 5.74) is 5.60. The number of nitrogens with zero attached hydrogens (tertiary/aromatic N) is 2. The Labute approximate surface area is 112 Å². The Hall–Kier alpha value is -0.160. The fourth-order valence-electron chi connectivity index (χ4n) is 3.28. The van der Waals surface area contributed by atoms with Crippen molar-refractivity contribution in [2.24, 2.45) is 17.6 Å². The van der Waals surface area contributed by atoms with Crippen molar-refractivity contribution in [2.45, 2.75) is 19.3 Å². The Morgan fingerprint density at radius 3 is 2.33 bits per heavy atom. The highest BCUT2D eigenvalue weighted by molar-refractivity contribution is 4.77. The van der Waals surface area contributed by atoms with Gasteiger partial charge in [-0.15, -0.1) is 0 Å². The first-order valence-corrected chi connectivity index (χ1v) is 7.59. The number of hydrogen-bond donors (Lipinski definition) is 2. The van der Waals surface area contributed by atoms with Gasteiger partial charge in [0.05, 0.1) is 0 Å². The molecule has 0 aromatic carbocycles. The maximum Gasteiger partial charge on any atom is 0.0105 e. The van der Waals surface area contributed by atoms with Crippen LogP contribution in [0, 0.1) is 11.8 Å². The van der Waals surface area contributed by atoms with Crippen LogP contribution in [-0.2, 0) is 0 Å². The quantitative estimate of drug-likeness (QED) is 0.711. The summed E-state index contributed by atoms with van der Waals surface area (Å²) in [5, 5.41) is 3.69. The molecule has 0 aliphatic carbocycles.